The summed E-state index contributed by atoms with van der Waals surface area (Å²) in [4.78, 5) is 4.38. The second kappa shape index (κ2) is 6.25. The predicted octanol–water partition coefficient (Wildman–Crippen LogP) is 2.66. The highest BCUT2D eigenvalue weighted by atomic mass is 16.5. The number of nitrogens with two attached hydrogens (primary N) is 1. The van der Waals surface area contributed by atoms with Gasteiger partial charge in [0.2, 0.25) is 11.6 Å². The lowest BCUT2D eigenvalue weighted by atomic mass is 10.2. The van der Waals surface area contributed by atoms with Crippen molar-refractivity contribution in [2.24, 2.45) is 5.73 Å². The van der Waals surface area contributed by atoms with Gasteiger partial charge >= 0.3 is 0 Å². The van der Waals surface area contributed by atoms with Crippen LogP contribution in [0.2, 0.25) is 0 Å². The molecular weight excluding hydrogens is 256 g/mol. The average Bonchev–Trinajstić information content (AvgIpc) is 2.47. The molecule has 0 bridgehead atoms. The molecule has 0 spiro atoms. The number of ether oxygens (including phenoxy) is 3. The Morgan fingerprint density at radius 2 is 1.70 bits per heavy atom. The molecule has 0 aliphatic heterocycles. The van der Waals surface area contributed by atoms with Crippen LogP contribution in [0.4, 0.5) is 0 Å². The minimum absolute atomic E-state index is 0.347. The van der Waals surface area contributed by atoms with E-state index in [9.17, 15) is 0 Å². The van der Waals surface area contributed by atoms with Crippen LogP contribution in [-0.2, 0) is 6.54 Å². The van der Waals surface area contributed by atoms with E-state index in [0.29, 0.717) is 29.7 Å². The van der Waals surface area contributed by atoms with Crippen LogP contribution in [0.25, 0.3) is 0 Å². The second-order valence-corrected chi connectivity index (χ2v) is 4.21. The van der Waals surface area contributed by atoms with Crippen LogP contribution < -0.4 is 19.9 Å². The van der Waals surface area contributed by atoms with Crippen LogP contribution in [0.1, 0.15) is 11.3 Å². The summed E-state index contributed by atoms with van der Waals surface area (Å²) < 4.78 is 16.5. The molecule has 0 unspecified atom stereocenters. The normalized spacial score (nSPS) is 10.2. The van der Waals surface area contributed by atoms with Gasteiger partial charge in [-0.05, 0) is 25.1 Å². The Morgan fingerprint density at radius 1 is 1.05 bits per heavy atom. The number of rotatable bonds is 5. The zero-order valence-corrected chi connectivity index (χ0v) is 11.8. The number of aromatic nitrogens is 1. The van der Waals surface area contributed by atoms with Gasteiger partial charge < -0.3 is 19.9 Å². The topological polar surface area (TPSA) is 66.6 Å². The summed E-state index contributed by atoms with van der Waals surface area (Å²) in [6, 6.07) is 9.23. The maximum absolute atomic E-state index is 5.88. The lowest BCUT2D eigenvalue weighted by Gasteiger charge is -2.15. The van der Waals surface area contributed by atoms with Crippen molar-refractivity contribution in [1.82, 2.24) is 4.98 Å². The summed E-state index contributed by atoms with van der Waals surface area (Å²) >= 11 is 0. The highest BCUT2D eigenvalue weighted by molar-refractivity contribution is 5.53. The molecule has 20 heavy (non-hydrogen) atoms. The van der Waals surface area contributed by atoms with E-state index in [2.05, 4.69) is 4.98 Å². The highest BCUT2D eigenvalue weighted by Gasteiger charge is 2.15. The standard InChI is InChI=1S/C15H18N2O3/c1-10-7-8-11(9-16)15(17-10)20-14-12(18-2)5-4-6-13(14)19-3/h4-8H,9,16H2,1-3H3. The van der Waals surface area contributed by atoms with Gasteiger partial charge in [0.25, 0.3) is 0 Å². The first-order valence-corrected chi connectivity index (χ1v) is 6.25. The van der Waals surface area contributed by atoms with Crippen LogP contribution in [0.5, 0.6) is 23.1 Å². The minimum Gasteiger partial charge on any atom is -0.493 e. The van der Waals surface area contributed by atoms with E-state index in [1.807, 2.05) is 25.1 Å². The van der Waals surface area contributed by atoms with Gasteiger partial charge in [0.05, 0.1) is 14.2 Å². The zero-order valence-electron chi connectivity index (χ0n) is 11.8. The molecule has 0 aliphatic carbocycles. The molecule has 106 valence electrons. The van der Waals surface area contributed by atoms with Gasteiger partial charge in [-0.2, -0.15) is 0 Å². The van der Waals surface area contributed by atoms with E-state index in [4.69, 9.17) is 19.9 Å². The lowest BCUT2D eigenvalue weighted by molar-refractivity contribution is 0.340. The summed E-state index contributed by atoms with van der Waals surface area (Å²) in [6.45, 7) is 2.24. The van der Waals surface area contributed by atoms with Crippen molar-refractivity contribution in [1.29, 1.82) is 0 Å². The van der Waals surface area contributed by atoms with E-state index < -0.39 is 0 Å². The van der Waals surface area contributed by atoms with E-state index in [0.717, 1.165) is 11.3 Å². The molecule has 1 aromatic carbocycles. The Bertz CT molecular complexity index is 577. The molecule has 1 aromatic heterocycles. The third kappa shape index (κ3) is 2.83. The van der Waals surface area contributed by atoms with Crippen LogP contribution >= 0.6 is 0 Å². The van der Waals surface area contributed by atoms with Crippen molar-refractivity contribution < 1.29 is 14.2 Å². The van der Waals surface area contributed by atoms with E-state index in [1.165, 1.54) is 0 Å². The molecule has 5 heteroatoms. The van der Waals surface area contributed by atoms with Crippen LogP contribution in [0.15, 0.2) is 30.3 Å². The number of hydrogen-bond donors (Lipinski definition) is 1. The van der Waals surface area contributed by atoms with Crippen molar-refractivity contribution in [3.8, 4) is 23.1 Å². The van der Waals surface area contributed by atoms with Gasteiger partial charge in [0.1, 0.15) is 0 Å². The van der Waals surface area contributed by atoms with E-state index >= 15 is 0 Å². The van der Waals surface area contributed by atoms with Crippen molar-refractivity contribution >= 4 is 0 Å². The first-order valence-electron chi connectivity index (χ1n) is 6.25. The highest BCUT2D eigenvalue weighted by Crippen LogP contribution is 2.40. The third-order valence-electron chi connectivity index (χ3n) is 2.88. The SMILES string of the molecule is COc1cccc(OC)c1Oc1nc(C)ccc1CN. The first-order chi connectivity index (χ1) is 9.69. The lowest BCUT2D eigenvalue weighted by Crippen LogP contribution is -2.03. The summed E-state index contributed by atoms with van der Waals surface area (Å²) in [5.41, 5.74) is 7.39. The predicted molar refractivity (Wildman–Crippen MR) is 76.5 cm³/mol. The molecular formula is C15H18N2O3. The van der Waals surface area contributed by atoms with Gasteiger partial charge in [-0.15, -0.1) is 0 Å². The third-order valence-corrected chi connectivity index (χ3v) is 2.88. The molecule has 0 saturated heterocycles. The number of methoxy groups -OCH3 is 2. The van der Waals surface area contributed by atoms with Crippen LogP contribution in [0.3, 0.4) is 0 Å². The number of para-hydroxylation sites is 1. The molecule has 0 saturated carbocycles. The molecule has 1 heterocycles. The number of hydrogen-bond acceptors (Lipinski definition) is 5. The van der Waals surface area contributed by atoms with E-state index in [1.54, 1.807) is 26.4 Å². The maximum atomic E-state index is 5.88. The summed E-state index contributed by atoms with van der Waals surface area (Å²) in [5.74, 6) is 2.12. The van der Waals surface area contributed by atoms with Crippen molar-refractivity contribution in [3.63, 3.8) is 0 Å². The quantitative estimate of drug-likeness (QED) is 0.908. The Kier molecular flexibility index (Phi) is 4.42. The minimum atomic E-state index is 0.347. The summed E-state index contributed by atoms with van der Waals surface area (Å²) in [6.07, 6.45) is 0. The van der Waals surface area contributed by atoms with Gasteiger partial charge in [-0.3, -0.25) is 0 Å². The van der Waals surface area contributed by atoms with Gasteiger partial charge in [0.15, 0.2) is 11.5 Å². The van der Waals surface area contributed by atoms with Gasteiger partial charge in [-0.1, -0.05) is 12.1 Å². The van der Waals surface area contributed by atoms with Crippen molar-refractivity contribution in [2.45, 2.75) is 13.5 Å². The Labute approximate surface area is 118 Å². The Balaban J connectivity index is 2.46. The van der Waals surface area contributed by atoms with Crippen molar-refractivity contribution in [2.75, 3.05) is 14.2 Å². The summed E-state index contributed by atoms with van der Waals surface area (Å²) in [7, 11) is 3.16. The van der Waals surface area contributed by atoms with E-state index in [-0.39, 0.29) is 0 Å². The number of benzene rings is 1. The van der Waals surface area contributed by atoms with Crippen LogP contribution in [0, 0.1) is 6.92 Å². The molecule has 2 aromatic rings. The van der Waals surface area contributed by atoms with Crippen molar-refractivity contribution in [3.05, 3.63) is 41.6 Å². The largest absolute Gasteiger partial charge is 0.493 e. The maximum Gasteiger partial charge on any atom is 0.224 e. The Hall–Kier alpha value is -2.27. The summed E-state index contributed by atoms with van der Waals surface area (Å²) in [5, 5.41) is 0. The molecule has 0 fully saturated rings. The fraction of sp³-hybridized carbons (Fsp3) is 0.267. The second-order valence-electron chi connectivity index (χ2n) is 4.21. The number of pyridine rings is 1. The smallest absolute Gasteiger partial charge is 0.224 e. The zero-order chi connectivity index (χ0) is 14.5. The van der Waals surface area contributed by atoms with Gasteiger partial charge in [0, 0.05) is 17.8 Å². The first kappa shape index (κ1) is 14.1. The molecule has 0 atom stereocenters. The molecule has 0 amide bonds. The molecule has 2 rings (SSSR count). The molecule has 0 aliphatic rings. The molecule has 5 nitrogen and oxygen atoms in total. The average molecular weight is 274 g/mol. The monoisotopic (exact) mass is 274 g/mol. The fourth-order valence-corrected chi connectivity index (χ4v) is 1.82. The van der Waals surface area contributed by atoms with Crippen LogP contribution in [-0.4, -0.2) is 19.2 Å². The molecule has 0 radical (unpaired) electrons. The van der Waals surface area contributed by atoms with Gasteiger partial charge in [-0.25, -0.2) is 4.98 Å². The number of nitrogens with zero attached hydrogens (tertiary/aromatic N) is 1. The fourth-order valence-electron chi connectivity index (χ4n) is 1.82. The Morgan fingerprint density at radius 3 is 2.25 bits per heavy atom. The molecule has 2 N–H and O–H groups in total. The number of aryl methyl sites for hydroxylation is 1.